The summed E-state index contributed by atoms with van der Waals surface area (Å²) < 4.78 is 18.6. The lowest BCUT2D eigenvalue weighted by molar-refractivity contribution is -0.121. The standard InChI is InChI=1S/C27H23FN4O3/c1-35-23-13-7-19(8-14-23)18-32(27(34)24-17-29-15-16-30-24)25(20-5-3-2-4-6-20)26(33)31-22-11-9-21(28)10-12-22/h2-17,25H,18H2,1H3,(H,31,33)/t25-/m0/s1. The Bertz CT molecular complexity index is 1270. The highest BCUT2D eigenvalue weighted by Crippen LogP contribution is 2.27. The molecule has 35 heavy (non-hydrogen) atoms. The molecule has 1 N–H and O–H groups in total. The Morgan fingerprint density at radius 1 is 0.971 bits per heavy atom. The van der Waals surface area contributed by atoms with Gasteiger partial charge in [0.25, 0.3) is 11.8 Å². The van der Waals surface area contributed by atoms with Crippen LogP contribution >= 0.6 is 0 Å². The third kappa shape index (κ3) is 5.86. The van der Waals surface area contributed by atoms with Crippen LogP contribution in [0.25, 0.3) is 0 Å². The van der Waals surface area contributed by atoms with Gasteiger partial charge < -0.3 is 15.0 Å². The Labute approximate surface area is 202 Å². The van der Waals surface area contributed by atoms with Crippen LogP contribution in [0.2, 0.25) is 0 Å². The quantitative estimate of drug-likeness (QED) is 0.405. The predicted octanol–water partition coefficient (Wildman–Crippen LogP) is 4.65. The van der Waals surface area contributed by atoms with E-state index in [1.165, 1.54) is 47.8 Å². The molecule has 0 fully saturated rings. The third-order valence-electron chi connectivity index (χ3n) is 5.34. The summed E-state index contributed by atoms with van der Waals surface area (Å²) in [6.07, 6.45) is 4.26. The summed E-state index contributed by atoms with van der Waals surface area (Å²) in [7, 11) is 1.57. The molecule has 0 aliphatic heterocycles. The van der Waals surface area contributed by atoms with Crippen molar-refractivity contribution >= 4 is 17.5 Å². The number of halogens is 1. The molecule has 8 heteroatoms. The topological polar surface area (TPSA) is 84.4 Å². The zero-order chi connectivity index (χ0) is 24.6. The Hall–Kier alpha value is -4.59. The number of nitrogens with one attached hydrogen (secondary N) is 1. The van der Waals surface area contributed by atoms with E-state index in [4.69, 9.17) is 4.74 Å². The lowest BCUT2D eigenvalue weighted by Gasteiger charge is -2.31. The molecule has 0 saturated heterocycles. The average molecular weight is 471 g/mol. The van der Waals surface area contributed by atoms with Crippen molar-refractivity contribution in [3.8, 4) is 5.75 Å². The summed E-state index contributed by atoms with van der Waals surface area (Å²) >= 11 is 0. The van der Waals surface area contributed by atoms with E-state index < -0.39 is 23.7 Å². The van der Waals surface area contributed by atoms with Crippen molar-refractivity contribution in [1.82, 2.24) is 14.9 Å². The Morgan fingerprint density at radius 3 is 2.31 bits per heavy atom. The van der Waals surface area contributed by atoms with Gasteiger partial charge in [-0.2, -0.15) is 0 Å². The average Bonchev–Trinajstić information content (AvgIpc) is 2.91. The van der Waals surface area contributed by atoms with Crippen LogP contribution in [-0.4, -0.2) is 33.8 Å². The van der Waals surface area contributed by atoms with Crippen molar-refractivity contribution in [2.45, 2.75) is 12.6 Å². The van der Waals surface area contributed by atoms with Crippen LogP contribution in [0.3, 0.4) is 0 Å². The molecule has 2 amide bonds. The van der Waals surface area contributed by atoms with Crippen molar-refractivity contribution in [2.75, 3.05) is 12.4 Å². The molecule has 1 aromatic heterocycles. The van der Waals surface area contributed by atoms with E-state index in [-0.39, 0.29) is 12.2 Å². The van der Waals surface area contributed by atoms with E-state index in [9.17, 15) is 14.0 Å². The van der Waals surface area contributed by atoms with E-state index in [1.54, 1.807) is 43.5 Å². The number of ether oxygens (including phenoxy) is 1. The van der Waals surface area contributed by atoms with Gasteiger partial charge in [-0.3, -0.25) is 14.6 Å². The number of hydrogen-bond donors (Lipinski definition) is 1. The maximum Gasteiger partial charge on any atom is 0.275 e. The molecule has 0 radical (unpaired) electrons. The lowest BCUT2D eigenvalue weighted by Crippen LogP contribution is -2.41. The highest BCUT2D eigenvalue weighted by molar-refractivity contribution is 6.00. The molecule has 7 nitrogen and oxygen atoms in total. The monoisotopic (exact) mass is 470 g/mol. The molecule has 0 spiro atoms. The summed E-state index contributed by atoms with van der Waals surface area (Å²) in [5.74, 6) is -0.652. The van der Waals surface area contributed by atoms with Crippen molar-refractivity contribution in [3.05, 3.63) is 120 Å². The number of anilines is 1. The largest absolute Gasteiger partial charge is 0.497 e. The molecule has 4 aromatic rings. The molecule has 1 atom stereocenters. The third-order valence-corrected chi connectivity index (χ3v) is 5.34. The minimum absolute atomic E-state index is 0.108. The summed E-state index contributed by atoms with van der Waals surface area (Å²) in [5, 5.41) is 2.80. The molecule has 176 valence electrons. The number of aromatic nitrogens is 2. The fourth-order valence-corrected chi connectivity index (χ4v) is 3.62. The molecule has 0 saturated carbocycles. The first-order valence-corrected chi connectivity index (χ1v) is 10.9. The number of nitrogens with zero attached hydrogens (tertiary/aromatic N) is 3. The molecule has 0 aliphatic rings. The van der Waals surface area contributed by atoms with E-state index in [0.717, 1.165) is 5.56 Å². The molecule has 1 heterocycles. The fraction of sp³-hybridized carbons (Fsp3) is 0.111. The number of hydrogen-bond acceptors (Lipinski definition) is 5. The summed E-state index contributed by atoms with van der Waals surface area (Å²) in [6, 6.07) is 20.7. The van der Waals surface area contributed by atoms with Crippen molar-refractivity contribution in [2.24, 2.45) is 0 Å². The Balaban J connectivity index is 1.75. The Morgan fingerprint density at radius 2 is 1.69 bits per heavy atom. The van der Waals surface area contributed by atoms with E-state index >= 15 is 0 Å². The van der Waals surface area contributed by atoms with Gasteiger partial charge in [-0.05, 0) is 47.5 Å². The van der Waals surface area contributed by atoms with Crippen molar-refractivity contribution in [1.29, 1.82) is 0 Å². The van der Waals surface area contributed by atoms with Crippen LogP contribution in [0.15, 0.2) is 97.5 Å². The van der Waals surface area contributed by atoms with Crippen molar-refractivity contribution in [3.63, 3.8) is 0 Å². The predicted molar refractivity (Wildman–Crippen MR) is 129 cm³/mol. The number of rotatable bonds is 8. The first kappa shape index (κ1) is 23.6. The van der Waals surface area contributed by atoms with Crippen LogP contribution < -0.4 is 10.1 Å². The summed E-state index contributed by atoms with van der Waals surface area (Å²) in [6.45, 7) is 0.121. The van der Waals surface area contributed by atoms with Crippen LogP contribution in [-0.2, 0) is 11.3 Å². The second-order valence-electron chi connectivity index (χ2n) is 7.68. The number of benzene rings is 3. The zero-order valence-electron chi connectivity index (χ0n) is 19.0. The zero-order valence-corrected chi connectivity index (χ0v) is 19.0. The molecule has 0 unspecified atom stereocenters. The van der Waals surface area contributed by atoms with Gasteiger partial charge in [0, 0.05) is 24.6 Å². The second-order valence-corrected chi connectivity index (χ2v) is 7.68. The Kier molecular flexibility index (Phi) is 7.42. The molecule has 0 bridgehead atoms. The summed E-state index contributed by atoms with van der Waals surface area (Å²) in [5.41, 5.74) is 1.92. The van der Waals surface area contributed by atoms with Gasteiger partial charge >= 0.3 is 0 Å². The smallest absolute Gasteiger partial charge is 0.275 e. The van der Waals surface area contributed by atoms with E-state index in [2.05, 4.69) is 15.3 Å². The SMILES string of the molecule is COc1ccc(CN(C(=O)c2cnccn2)[C@H](C(=O)Nc2ccc(F)cc2)c2ccccc2)cc1. The van der Waals surface area contributed by atoms with E-state index in [0.29, 0.717) is 17.0 Å². The van der Waals surface area contributed by atoms with Gasteiger partial charge in [-0.15, -0.1) is 0 Å². The number of methoxy groups -OCH3 is 1. The first-order chi connectivity index (χ1) is 17.0. The van der Waals surface area contributed by atoms with Crippen molar-refractivity contribution < 1.29 is 18.7 Å². The molecular formula is C27H23FN4O3. The van der Waals surface area contributed by atoms with Crippen LogP contribution in [0, 0.1) is 5.82 Å². The molecule has 3 aromatic carbocycles. The normalized spacial score (nSPS) is 11.4. The highest BCUT2D eigenvalue weighted by Gasteiger charge is 2.33. The van der Waals surface area contributed by atoms with Gasteiger partial charge in [-0.25, -0.2) is 9.37 Å². The van der Waals surface area contributed by atoms with Gasteiger partial charge in [0.05, 0.1) is 13.3 Å². The minimum atomic E-state index is -1.00. The van der Waals surface area contributed by atoms with Gasteiger partial charge in [0.15, 0.2) is 0 Å². The van der Waals surface area contributed by atoms with Crippen LogP contribution in [0.5, 0.6) is 5.75 Å². The van der Waals surface area contributed by atoms with Gasteiger partial charge in [-0.1, -0.05) is 42.5 Å². The lowest BCUT2D eigenvalue weighted by atomic mass is 10.0. The first-order valence-electron chi connectivity index (χ1n) is 10.9. The number of amides is 2. The maximum atomic E-state index is 13.7. The van der Waals surface area contributed by atoms with Crippen LogP contribution in [0.4, 0.5) is 10.1 Å². The highest BCUT2D eigenvalue weighted by atomic mass is 19.1. The fourth-order valence-electron chi connectivity index (χ4n) is 3.62. The van der Waals surface area contributed by atoms with Gasteiger partial charge in [0.2, 0.25) is 0 Å². The molecule has 0 aliphatic carbocycles. The van der Waals surface area contributed by atoms with Crippen LogP contribution in [0.1, 0.15) is 27.7 Å². The van der Waals surface area contributed by atoms with Gasteiger partial charge in [0.1, 0.15) is 23.3 Å². The number of carbonyl (C=O) groups excluding carboxylic acids is 2. The summed E-state index contributed by atoms with van der Waals surface area (Å²) in [4.78, 5) is 36.9. The molecular weight excluding hydrogens is 447 g/mol. The number of carbonyl (C=O) groups is 2. The minimum Gasteiger partial charge on any atom is -0.497 e. The van der Waals surface area contributed by atoms with E-state index in [1.807, 2.05) is 18.2 Å². The molecule has 4 rings (SSSR count). The maximum absolute atomic E-state index is 13.7. The second kappa shape index (κ2) is 11.0.